The van der Waals surface area contributed by atoms with Gasteiger partial charge in [-0.3, -0.25) is 9.11 Å². The topological polar surface area (TPSA) is 32.3 Å². The van der Waals surface area contributed by atoms with Gasteiger partial charge in [-0.05, 0) is 38.8 Å². The summed E-state index contributed by atoms with van der Waals surface area (Å²) in [5.74, 6) is 1.49. The molecule has 4 unspecified atom stereocenters. The van der Waals surface area contributed by atoms with Gasteiger partial charge in [0.15, 0.2) is 0 Å². The molecule has 0 saturated carbocycles. The van der Waals surface area contributed by atoms with E-state index in [2.05, 4.69) is 31.0 Å². The molecular formula is C13H28N2OS. The highest BCUT2D eigenvalue weighted by Crippen LogP contribution is 2.23. The number of hydrogen-bond acceptors (Lipinski definition) is 3. The summed E-state index contributed by atoms with van der Waals surface area (Å²) in [5, 5.41) is 3.65. The molecule has 4 atom stereocenters. The Balaban J connectivity index is 2.41. The lowest BCUT2D eigenvalue weighted by molar-refractivity contribution is 0.0911. The minimum atomic E-state index is -0.664. The van der Waals surface area contributed by atoms with Gasteiger partial charge >= 0.3 is 0 Å². The van der Waals surface area contributed by atoms with E-state index in [9.17, 15) is 4.21 Å². The van der Waals surface area contributed by atoms with E-state index in [0.717, 1.165) is 25.4 Å². The van der Waals surface area contributed by atoms with E-state index in [4.69, 9.17) is 0 Å². The lowest BCUT2D eigenvalue weighted by atomic mass is 9.87. The van der Waals surface area contributed by atoms with E-state index in [1.54, 1.807) is 6.26 Å². The Morgan fingerprint density at radius 2 is 2.12 bits per heavy atom. The molecule has 0 spiro atoms. The maximum absolute atomic E-state index is 11.2. The summed E-state index contributed by atoms with van der Waals surface area (Å²) in [7, 11) is -0.664. The van der Waals surface area contributed by atoms with Gasteiger partial charge < -0.3 is 5.32 Å². The summed E-state index contributed by atoms with van der Waals surface area (Å²) in [4.78, 5) is 2.50. The van der Waals surface area contributed by atoms with Crippen LogP contribution in [0.4, 0.5) is 0 Å². The van der Waals surface area contributed by atoms with Crippen LogP contribution in [-0.2, 0) is 10.8 Å². The van der Waals surface area contributed by atoms with Crippen molar-refractivity contribution in [1.82, 2.24) is 10.2 Å². The normalized spacial score (nSPS) is 32.6. The maximum atomic E-state index is 11.2. The third kappa shape index (κ3) is 4.68. The van der Waals surface area contributed by atoms with E-state index < -0.39 is 10.8 Å². The van der Waals surface area contributed by atoms with Crippen molar-refractivity contribution < 1.29 is 4.21 Å². The van der Waals surface area contributed by atoms with Gasteiger partial charge in [-0.25, -0.2) is 0 Å². The number of hydrogen-bond donors (Lipinski definition) is 1. The van der Waals surface area contributed by atoms with Gasteiger partial charge in [0, 0.05) is 41.4 Å². The van der Waals surface area contributed by atoms with Crippen LogP contribution < -0.4 is 5.32 Å². The van der Waals surface area contributed by atoms with Crippen molar-refractivity contribution in [1.29, 1.82) is 0 Å². The van der Waals surface area contributed by atoms with Gasteiger partial charge in [0.05, 0.1) is 0 Å². The number of nitrogens with zero attached hydrogens (tertiary/aromatic N) is 1. The molecule has 1 heterocycles. The van der Waals surface area contributed by atoms with E-state index in [1.165, 1.54) is 12.8 Å². The van der Waals surface area contributed by atoms with E-state index in [1.807, 2.05) is 0 Å². The molecule has 1 fully saturated rings. The number of piperidine rings is 1. The van der Waals surface area contributed by atoms with Crippen LogP contribution in [0.25, 0.3) is 0 Å². The molecule has 0 aromatic rings. The second kappa shape index (κ2) is 7.49. The van der Waals surface area contributed by atoms with Crippen LogP contribution in [0.15, 0.2) is 0 Å². The monoisotopic (exact) mass is 260 g/mol. The first-order valence-corrected chi connectivity index (χ1v) is 8.56. The standard InChI is InChI=1S/C13H28N2OS/c1-5-7-14-13-6-8-15(9-10-17(4)16)12(3)11(13)2/h11-14H,5-10H2,1-4H3. The van der Waals surface area contributed by atoms with Gasteiger partial charge in [0.1, 0.15) is 0 Å². The Bertz CT molecular complexity index is 248. The molecule has 1 saturated heterocycles. The summed E-state index contributed by atoms with van der Waals surface area (Å²) in [6.45, 7) is 10.1. The Hall–Kier alpha value is 0.0700. The van der Waals surface area contributed by atoms with Crippen LogP contribution in [0.1, 0.15) is 33.6 Å². The van der Waals surface area contributed by atoms with Crippen LogP contribution in [0.2, 0.25) is 0 Å². The first kappa shape index (κ1) is 15.1. The van der Waals surface area contributed by atoms with E-state index >= 15 is 0 Å². The molecule has 1 aliphatic heterocycles. The quantitative estimate of drug-likeness (QED) is 0.785. The molecule has 3 nitrogen and oxygen atoms in total. The van der Waals surface area contributed by atoms with Crippen molar-refractivity contribution in [2.75, 3.05) is 31.6 Å². The molecule has 0 bridgehead atoms. The highest BCUT2D eigenvalue weighted by molar-refractivity contribution is 7.84. The molecule has 0 aromatic carbocycles. The van der Waals surface area contributed by atoms with Crippen molar-refractivity contribution in [2.24, 2.45) is 5.92 Å². The van der Waals surface area contributed by atoms with Gasteiger partial charge in [-0.15, -0.1) is 0 Å². The summed E-state index contributed by atoms with van der Waals surface area (Å²) < 4.78 is 11.2. The Kier molecular flexibility index (Phi) is 6.67. The average molecular weight is 260 g/mol. The van der Waals surface area contributed by atoms with Crippen molar-refractivity contribution in [3.05, 3.63) is 0 Å². The third-order valence-corrected chi connectivity index (χ3v) is 4.78. The third-order valence-electron chi connectivity index (χ3n) is 4.02. The Labute approximate surface area is 109 Å². The molecule has 102 valence electrons. The van der Waals surface area contributed by atoms with Crippen LogP contribution in [0, 0.1) is 5.92 Å². The summed E-state index contributed by atoms with van der Waals surface area (Å²) in [6.07, 6.45) is 4.22. The molecule has 1 N–H and O–H groups in total. The first-order chi connectivity index (χ1) is 8.06. The fourth-order valence-electron chi connectivity index (χ4n) is 2.62. The molecule has 1 rings (SSSR count). The zero-order chi connectivity index (χ0) is 12.8. The average Bonchev–Trinajstić information content (AvgIpc) is 2.29. The summed E-state index contributed by atoms with van der Waals surface area (Å²) >= 11 is 0. The van der Waals surface area contributed by atoms with Gasteiger partial charge in [0.25, 0.3) is 0 Å². The summed E-state index contributed by atoms with van der Waals surface area (Å²) in [5.41, 5.74) is 0. The minimum absolute atomic E-state index is 0.599. The smallest absolute Gasteiger partial charge is 0.0359 e. The molecule has 0 radical (unpaired) electrons. The maximum Gasteiger partial charge on any atom is 0.0359 e. The molecule has 0 aromatic heterocycles. The fraction of sp³-hybridized carbons (Fsp3) is 1.00. The Morgan fingerprint density at radius 1 is 1.41 bits per heavy atom. The van der Waals surface area contributed by atoms with Crippen LogP contribution in [0.3, 0.4) is 0 Å². The lowest BCUT2D eigenvalue weighted by Crippen LogP contribution is -2.54. The van der Waals surface area contributed by atoms with Gasteiger partial charge in [0.2, 0.25) is 0 Å². The molecule has 0 aliphatic carbocycles. The van der Waals surface area contributed by atoms with Crippen molar-refractivity contribution in [3.63, 3.8) is 0 Å². The zero-order valence-electron chi connectivity index (χ0n) is 11.7. The highest BCUT2D eigenvalue weighted by Gasteiger charge is 2.31. The van der Waals surface area contributed by atoms with Crippen LogP contribution >= 0.6 is 0 Å². The molecule has 4 heteroatoms. The zero-order valence-corrected chi connectivity index (χ0v) is 12.6. The van der Waals surface area contributed by atoms with Crippen LogP contribution in [-0.4, -0.2) is 52.8 Å². The predicted molar refractivity (Wildman–Crippen MR) is 75.8 cm³/mol. The minimum Gasteiger partial charge on any atom is -0.314 e. The van der Waals surface area contributed by atoms with Crippen molar-refractivity contribution >= 4 is 10.8 Å². The summed E-state index contributed by atoms with van der Waals surface area (Å²) in [6, 6.07) is 1.26. The molecule has 0 amide bonds. The van der Waals surface area contributed by atoms with Gasteiger partial charge in [-0.1, -0.05) is 13.8 Å². The van der Waals surface area contributed by atoms with Crippen molar-refractivity contribution in [3.8, 4) is 0 Å². The van der Waals surface area contributed by atoms with E-state index in [0.29, 0.717) is 18.0 Å². The molecule has 17 heavy (non-hydrogen) atoms. The second-order valence-corrected chi connectivity index (χ2v) is 6.82. The highest BCUT2D eigenvalue weighted by atomic mass is 32.2. The van der Waals surface area contributed by atoms with Crippen LogP contribution in [0.5, 0.6) is 0 Å². The number of rotatable bonds is 6. The molecular weight excluding hydrogens is 232 g/mol. The first-order valence-electron chi connectivity index (χ1n) is 6.83. The Morgan fingerprint density at radius 3 is 2.71 bits per heavy atom. The second-order valence-electron chi connectivity index (χ2n) is 5.26. The van der Waals surface area contributed by atoms with Gasteiger partial charge in [-0.2, -0.15) is 0 Å². The van der Waals surface area contributed by atoms with Crippen molar-refractivity contribution in [2.45, 2.75) is 45.7 Å². The number of nitrogens with one attached hydrogen (secondary N) is 1. The predicted octanol–water partition coefficient (Wildman–Crippen LogP) is 1.46. The molecule has 1 aliphatic rings. The SMILES string of the molecule is CCCNC1CCN(CCS(C)=O)C(C)C1C. The largest absolute Gasteiger partial charge is 0.314 e. The van der Waals surface area contributed by atoms with E-state index in [-0.39, 0.29) is 0 Å². The lowest BCUT2D eigenvalue weighted by Gasteiger charge is -2.43. The fourth-order valence-corrected chi connectivity index (χ4v) is 3.11. The number of likely N-dealkylation sites (tertiary alicyclic amines) is 1.